The monoisotopic (exact) mass is 286 g/mol. The molecule has 0 heterocycles. The van der Waals surface area contributed by atoms with Gasteiger partial charge in [0.25, 0.3) is 0 Å². The molecular formula is C16H30O4. The Balaban J connectivity index is 3.35. The number of aliphatic hydroxyl groups excluding tert-OH is 2. The second kappa shape index (κ2) is 13.1. The van der Waals surface area contributed by atoms with Crippen molar-refractivity contribution in [1.82, 2.24) is 0 Å². The Morgan fingerprint density at radius 3 is 1.90 bits per heavy atom. The summed E-state index contributed by atoms with van der Waals surface area (Å²) in [5.41, 5.74) is 0.149. The van der Waals surface area contributed by atoms with Gasteiger partial charge in [0.05, 0.1) is 18.8 Å². The Morgan fingerprint density at radius 1 is 1.00 bits per heavy atom. The van der Waals surface area contributed by atoms with E-state index in [4.69, 9.17) is 5.11 Å². The van der Waals surface area contributed by atoms with Crippen molar-refractivity contribution < 1.29 is 19.7 Å². The Bertz CT molecular complexity index is 263. The van der Waals surface area contributed by atoms with Gasteiger partial charge >= 0.3 is 5.97 Å². The molecule has 0 aliphatic heterocycles. The number of hydrogen-bond donors (Lipinski definition) is 2. The third kappa shape index (κ3) is 9.98. The van der Waals surface area contributed by atoms with Crippen LogP contribution in [-0.2, 0) is 9.53 Å². The van der Waals surface area contributed by atoms with Crippen LogP contribution in [-0.4, -0.2) is 36.0 Å². The van der Waals surface area contributed by atoms with Crippen LogP contribution in [0.25, 0.3) is 0 Å². The average Bonchev–Trinajstić information content (AvgIpc) is 2.47. The molecule has 1 atom stereocenters. The summed E-state index contributed by atoms with van der Waals surface area (Å²) < 4.78 is 4.52. The quantitative estimate of drug-likeness (QED) is 0.310. The number of esters is 1. The first-order valence-corrected chi connectivity index (χ1v) is 7.69. The highest BCUT2D eigenvalue weighted by molar-refractivity contribution is 5.88. The summed E-state index contributed by atoms with van der Waals surface area (Å²) in [6.45, 7) is 3.85. The highest BCUT2D eigenvalue weighted by Crippen LogP contribution is 2.14. The first kappa shape index (κ1) is 19.1. The van der Waals surface area contributed by atoms with Crippen LogP contribution in [0.1, 0.15) is 64.2 Å². The molecule has 0 bridgehead atoms. The maximum atomic E-state index is 11.1. The topological polar surface area (TPSA) is 66.8 Å². The van der Waals surface area contributed by atoms with E-state index in [0.717, 1.165) is 32.1 Å². The number of rotatable bonds is 13. The van der Waals surface area contributed by atoms with Gasteiger partial charge in [-0.2, -0.15) is 0 Å². The predicted molar refractivity (Wildman–Crippen MR) is 80.4 cm³/mol. The molecule has 20 heavy (non-hydrogen) atoms. The molecule has 0 aromatic carbocycles. The molecule has 0 aromatic rings. The molecule has 0 rings (SSSR count). The van der Waals surface area contributed by atoms with Crippen molar-refractivity contribution in [3.8, 4) is 0 Å². The SMILES string of the molecule is C=C(C(=O)OC)C(O)CCCCCCCCCCCO. The average molecular weight is 286 g/mol. The Labute approximate surface area is 122 Å². The van der Waals surface area contributed by atoms with Gasteiger partial charge in [-0.25, -0.2) is 4.79 Å². The highest BCUT2D eigenvalue weighted by atomic mass is 16.5. The zero-order valence-corrected chi connectivity index (χ0v) is 12.8. The number of hydrogen-bond acceptors (Lipinski definition) is 4. The summed E-state index contributed by atoms with van der Waals surface area (Å²) in [6.07, 6.45) is 9.88. The van der Waals surface area contributed by atoms with Gasteiger partial charge in [-0.1, -0.05) is 57.9 Å². The fourth-order valence-corrected chi connectivity index (χ4v) is 2.13. The van der Waals surface area contributed by atoms with E-state index in [1.54, 1.807) is 0 Å². The summed E-state index contributed by atoms with van der Waals surface area (Å²) in [6, 6.07) is 0. The molecule has 4 nitrogen and oxygen atoms in total. The zero-order valence-electron chi connectivity index (χ0n) is 12.8. The normalized spacial score (nSPS) is 12.2. The van der Waals surface area contributed by atoms with Gasteiger partial charge in [-0.3, -0.25) is 0 Å². The molecule has 4 heteroatoms. The lowest BCUT2D eigenvalue weighted by atomic mass is 10.0. The van der Waals surface area contributed by atoms with Crippen LogP contribution in [0.5, 0.6) is 0 Å². The minimum absolute atomic E-state index is 0.149. The van der Waals surface area contributed by atoms with Crippen molar-refractivity contribution in [2.75, 3.05) is 13.7 Å². The van der Waals surface area contributed by atoms with Crippen LogP contribution < -0.4 is 0 Å². The van der Waals surface area contributed by atoms with Gasteiger partial charge in [0.1, 0.15) is 0 Å². The van der Waals surface area contributed by atoms with Gasteiger partial charge in [-0.15, -0.1) is 0 Å². The summed E-state index contributed by atoms with van der Waals surface area (Å²) in [7, 11) is 1.29. The maximum absolute atomic E-state index is 11.1. The van der Waals surface area contributed by atoms with Crippen LogP contribution in [0.2, 0.25) is 0 Å². The van der Waals surface area contributed by atoms with Gasteiger partial charge in [0.15, 0.2) is 0 Å². The van der Waals surface area contributed by atoms with E-state index in [0.29, 0.717) is 13.0 Å². The lowest BCUT2D eigenvalue weighted by Gasteiger charge is -2.11. The molecule has 0 aliphatic carbocycles. The minimum atomic E-state index is -0.777. The van der Waals surface area contributed by atoms with E-state index in [2.05, 4.69) is 11.3 Å². The predicted octanol–water partition coefficient (Wildman–Crippen LogP) is 2.97. The Morgan fingerprint density at radius 2 is 1.45 bits per heavy atom. The molecule has 0 saturated carbocycles. The molecule has 1 unspecified atom stereocenters. The second-order valence-electron chi connectivity index (χ2n) is 5.23. The van der Waals surface area contributed by atoms with E-state index in [1.165, 1.54) is 32.8 Å². The molecule has 0 amide bonds. The first-order chi connectivity index (χ1) is 9.63. The van der Waals surface area contributed by atoms with Crippen molar-refractivity contribution in [3.05, 3.63) is 12.2 Å². The molecule has 0 aliphatic rings. The van der Waals surface area contributed by atoms with Crippen molar-refractivity contribution in [2.24, 2.45) is 0 Å². The standard InChI is InChI=1S/C16H30O4/c1-14(16(19)20-2)15(18)12-10-8-6-4-3-5-7-9-11-13-17/h15,17-18H,1,3-13H2,2H3. The second-order valence-corrected chi connectivity index (χ2v) is 5.23. The summed E-state index contributed by atoms with van der Waals surface area (Å²) in [5.74, 6) is -0.527. The van der Waals surface area contributed by atoms with Crippen LogP contribution >= 0.6 is 0 Å². The van der Waals surface area contributed by atoms with E-state index in [9.17, 15) is 9.90 Å². The molecule has 0 radical (unpaired) electrons. The van der Waals surface area contributed by atoms with E-state index >= 15 is 0 Å². The third-order valence-electron chi connectivity index (χ3n) is 3.49. The van der Waals surface area contributed by atoms with Crippen LogP contribution in [0.3, 0.4) is 0 Å². The smallest absolute Gasteiger partial charge is 0.335 e. The van der Waals surface area contributed by atoms with Gasteiger partial charge in [0.2, 0.25) is 0 Å². The Hall–Kier alpha value is -0.870. The van der Waals surface area contributed by atoms with Crippen LogP contribution in [0.4, 0.5) is 0 Å². The van der Waals surface area contributed by atoms with E-state index in [1.807, 2.05) is 0 Å². The van der Waals surface area contributed by atoms with Gasteiger partial charge < -0.3 is 14.9 Å². The van der Waals surface area contributed by atoms with Crippen LogP contribution in [0.15, 0.2) is 12.2 Å². The molecule has 2 N–H and O–H groups in total. The third-order valence-corrected chi connectivity index (χ3v) is 3.49. The number of ether oxygens (including phenoxy) is 1. The summed E-state index contributed by atoms with van der Waals surface area (Å²) in [4.78, 5) is 11.1. The highest BCUT2D eigenvalue weighted by Gasteiger charge is 2.16. The minimum Gasteiger partial charge on any atom is -0.466 e. The van der Waals surface area contributed by atoms with Crippen molar-refractivity contribution in [2.45, 2.75) is 70.3 Å². The molecule has 0 spiro atoms. The number of carbonyl (C=O) groups excluding carboxylic acids is 1. The van der Waals surface area contributed by atoms with E-state index in [-0.39, 0.29) is 5.57 Å². The van der Waals surface area contributed by atoms with Crippen LogP contribution in [0, 0.1) is 0 Å². The Kier molecular flexibility index (Phi) is 12.6. The van der Waals surface area contributed by atoms with Crippen molar-refractivity contribution in [3.63, 3.8) is 0 Å². The molecule has 0 aromatic heterocycles. The fraction of sp³-hybridized carbons (Fsp3) is 0.812. The zero-order chi connectivity index (χ0) is 15.2. The lowest BCUT2D eigenvalue weighted by molar-refractivity contribution is -0.137. The molecule has 0 fully saturated rings. The first-order valence-electron chi connectivity index (χ1n) is 7.69. The fourth-order valence-electron chi connectivity index (χ4n) is 2.13. The van der Waals surface area contributed by atoms with Crippen molar-refractivity contribution >= 4 is 5.97 Å². The summed E-state index contributed by atoms with van der Waals surface area (Å²) in [5, 5.41) is 18.4. The lowest BCUT2D eigenvalue weighted by Crippen LogP contribution is -2.18. The number of aliphatic hydroxyl groups is 2. The number of carbonyl (C=O) groups is 1. The summed E-state index contributed by atoms with van der Waals surface area (Å²) >= 11 is 0. The van der Waals surface area contributed by atoms with E-state index < -0.39 is 12.1 Å². The van der Waals surface area contributed by atoms with Gasteiger partial charge in [-0.05, 0) is 12.8 Å². The number of methoxy groups -OCH3 is 1. The molecule has 118 valence electrons. The van der Waals surface area contributed by atoms with Crippen molar-refractivity contribution in [1.29, 1.82) is 0 Å². The molecular weight excluding hydrogens is 256 g/mol. The largest absolute Gasteiger partial charge is 0.466 e. The maximum Gasteiger partial charge on any atom is 0.335 e. The number of unbranched alkanes of at least 4 members (excludes halogenated alkanes) is 8. The van der Waals surface area contributed by atoms with Gasteiger partial charge in [0, 0.05) is 6.61 Å². The molecule has 0 saturated heterocycles.